The quantitative estimate of drug-likeness (QED) is 0.897. The number of hydrogen-bond acceptors (Lipinski definition) is 4. The smallest absolute Gasteiger partial charge is 0.225 e. The zero-order chi connectivity index (χ0) is 17.2. The lowest BCUT2D eigenvalue weighted by molar-refractivity contribution is 0.460. The first kappa shape index (κ1) is 16.4. The van der Waals surface area contributed by atoms with E-state index >= 15 is 0 Å². The van der Waals surface area contributed by atoms with E-state index < -0.39 is 0 Å². The summed E-state index contributed by atoms with van der Waals surface area (Å²) in [5.41, 5.74) is 3.92. The Morgan fingerprint density at radius 3 is 2.60 bits per heavy atom. The van der Waals surface area contributed by atoms with Crippen LogP contribution in [-0.4, -0.2) is 22.1 Å². The van der Waals surface area contributed by atoms with Crippen LogP contribution >= 0.6 is 0 Å². The van der Waals surface area contributed by atoms with E-state index in [1.54, 1.807) is 0 Å². The Balaban J connectivity index is 1.57. The molecule has 1 atom stereocenters. The number of fused-ring (bicyclic) bond motifs is 1. The van der Waals surface area contributed by atoms with Crippen LogP contribution in [0.3, 0.4) is 0 Å². The van der Waals surface area contributed by atoms with Crippen LogP contribution in [0.4, 0.5) is 11.8 Å². The van der Waals surface area contributed by atoms with Gasteiger partial charge < -0.3 is 10.2 Å². The van der Waals surface area contributed by atoms with Crippen molar-refractivity contribution in [3.63, 3.8) is 0 Å². The zero-order valence-electron chi connectivity index (χ0n) is 15.3. The highest BCUT2D eigenvalue weighted by molar-refractivity contribution is 5.49. The molecule has 0 unspecified atom stereocenters. The molecule has 1 aromatic carbocycles. The Hall–Kier alpha value is -2.10. The number of hydrogen-bond donors (Lipinski definition) is 1. The van der Waals surface area contributed by atoms with E-state index in [4.69, 9.17) is 4.98 Å². The highest BCUT2D eigenvalue weighted by Gasteiger charge is 2.24. The van der Waals surface area contributed by atoms with Crippen LogP contribution in [0.1, 0.15) is 55.8 Å². The van der Waals surface area contributed by atoms with Gasteiger partial charge in [-0.15, -0.1) is 0 Å². The summed E-state index contributed by atoms with van der Waals surface area (Å²) < 4.78 is 0. The fourth-order valence-corrected chi connectivity index (χ4v) is 4.18. The average Bonchev–Trinajstić information content (AvgIpc) is 2.61. The van der Waals surface area contributed by atoms with Gasteiger partial charge in [0.05, 0.1) is 0 Å². The summed E-state index contributed by atoms with van der Waals surface area (Å²) in [6, 6.07) is 11.9. The maximum atomic E-state index is 4.88. The number of aromatic nitrogens is 2. The number of benzene rings is 1. The van der Waals surface area contributed by atoms with E-state index in [1.165, 1.54) is 43.2 Å². The van der Waals surface area contributed by atoms with Crippen LogP contribution in [0, 0.1) is 6.92 Å². The van der Waals surface area contributed by atoms with Gasteiger partial charge in [-0.1, -0.05) is 43.5 Å². The Bertz CT molecular complexity index is 736. The molecule has 0 amide bonds. The first-order chi connectivity index (χ1) is 12.2. The van der Waals surface area contributed by atoms with Crippen molar-refractivity contribution in [2.45, 2.75) is 71.0 Å². The van der Waals surface area contributed by atoms with Crippen molar-refractivity contribution in [1.29, 1.82) is 0 Å². The van der Waals surface area contributed by atoms with E-state index in [9.17, 15) is 0 Å². The van der Waals surface area contributed by atoms with Gasteiger partial charge >= 0.3 is 0 Å². The van der Waals surface area contributed by atoms with Gasteiger partial charge in [-0.05, 0) is 44.2 Å². The predicted octanol–water partition coefficient (Wildman–Crippen LogP) is 4.48. The minimum atomic E-state index is 0.451. The van der Waals surface area contributed by atoms with Gasteiger partial charge in [0.15, 0.2) is 0 Å². The molecule has 0 saturated heterocycles. The number of aryl methyl sites for hydroxylation is 1. The number of nitrogens with one attached hydrogen (secondary N) is 1. The molecule has 1 aromatic heterocycles. The molecule has 25 heavy (non-hydrogen) atoms. The molecule has 1 fully saturated rings. The van der Waals surface area contributed by atoms with E-state index in [1.807, 2.05) is 0 Å². The minimum Gasteiger partial charge on any atom is -0.351 e. The third-order valence-electron chi connectivity index (χ3n) is 5.58. The maximum absolute atomic E-state index is 4.88. The molecule has 1 aliphatic heterocycles. The Labute approximate surface area is 150 Å². The molecular formula is C21H28N4. The standard InChI is InChI=1S/C21H28N4/c1-15-12-20(24-21(22-15)23-19-10-4-3-5-11-19)25-14-18-9-7-6-8-17(18)13-16(25)2/h6-9,12,16,19H,3-5,10-11,13-14H2,1-2H3,(H,22,23,24)/t16-/m0/s1. The Kier molecular flexibility index (Phi) is 4.60. The third-order valence-corrected chi connectivity index (χ3v) is 5.58. The fraction of sp³-hybridized carbons (Fsp3) is 0.524. The van der Waals surface area contributed by atoms with Gasteiger partial charge in [0, 0.05) is 30.4 Å². The summed E-state index contributed by atoms with van der Waals surface area (Å²) in [5, 5.41) is 3.59. The zero-order valence-corrected chi connectivity index (χ0v) is 15.3. The van der Waals surface area contributed by atoms with Crippen LogP contribution in [0.25, 0.3) is 0 Å². The molecule has 2 heterocycles. The van der Waals surface area contributed by atoms with Gasteiger partial charge in [0.25, 0.3) is 0 Å². The van der Waals surface area contributed by atoms with E-state index in [2.05, 4.69) is 59.4 Å². The van der Waals surface area contributed by atoms with Crippen LogP contribution in [0.2, 0.25) is 0 Å². The van der Waals surface area contributed by atoms with E-state index in [0.29, 0.717) is 12.1 Å². The third kappa shape index (κ3) is 3.63. The summed E-state index contributed by atoms with van der Waals surface area (Å²) in [4.78, 5) is 11.9. The summed E-state index contributed by atoms with van der Waals surface area (Å²) >= 11 is 0. The lowest BCUT2D eigenvalue weighted by Gasteiger charge is -2.36. The molecule has 1 aliphatic carbocycles. The minimum absolute atomic E-state index is 0.451. The monoisotopic (exact) mass is 336 g/mol. The highest BCUT2D eigenvalue weighted by atomic mass is 15.3. The molecule has 0 spiro atoms. The number of anilines is 2. The molecule has 2 aliphatic rings. The Morgan fingerprint density at radius 1 is 1.04 bits per heavy atom. The lowest BCUT2D eigenvalue weighted by atomic mass is 9.95. The van der Waals surface area contributed by atoms with Gasteiger partial charge in [-0.3, -0.25) is 0 Å². The number of nitrogens with zero attached hydrogens (tertiary/aromatic N) is 3. The van der Waals surface area contributed by atoms with Crippen LogP contribution < -0.4 is 10.2 Å². The first-order valence-electron chi connectivity index (χ1n) is 9.65. The second-order valence-electron chi connectivity index (χ2n) is 7.62. The average molecular weight is 336 g/mol. The van der Waals surface area contributed by atoms with Gasteiger partial charge in [0.2, 0.25) is 5.95 Å². The second-order valence-corrected chi connectivity index (χ2v) is 7.62. The molecule has 1 saturated carbocycles. The van der Waals surface area contributed by atoms with Crippen molar-refractivity contribution in [1.82, 2.24) is 9.97 Å². The Morgan fingerprint density at radius 2 is 1.80 bits per heavy atom. The van der Waals surface area contributed by atoms with Crippen LogP contribution in [0.5, 0.6) is 0 Å². The van der Waals surface area contributed by atoms with Gasteiger partial charge in [-0.2, -0.15) is 4.98 Å². The molecule has 0 radical (unpaired) electrons. The van der Waals surface area contributed by atoms with E-state index in [-0.39, 0.29) is 0 Å². The molecule has 4 heteroatoms. The van der Waals surface area contributed by atoms with Crippen molar-refractivity contribution < 1.29 is 0 Å². The predicted molar refractivity (Wildman–Crippen MR) is 103 cm³/mol. The van der Waals surface area contributed by atoms with Gasteiger partial charge in [0.1, 0.15) is 5.82 Å². The second kappa shape index (κ2) is 7.03. The summed E-state index contributed by atoms with van der Waals surface area (Å²) in [5.74, 6) is 1.85. The molecule has 1 N–H and O–H groups in total. The molecule has 4 rings (SSSR count). The molecular weight excluding hydrogens is 308 g/mol. The summed E-state index contributed by atoms with van der Waals surface area (Å²) in [6.45, 7) is 5.29. The summed E-state index contributed by atoms with van der Waals surface area (Å²) in [6.07, 6.45) is 7.54. The van der Waals surface area contributed by atoms with Crippen molar-refractivity contribution in [2.24, 2.45) is 0 Å². The lowest BCUT2D eigenvalue weighted by Crippen LogP contribution is -2.39. The maximum Gasteiger partial charge on any atom is 0.225 e. The van der Waals surface area contributed by atoms with Gasteiger partial charge in [-0.25, -0.2) is 4.98 Å². The van der Waals surface area contributed by atoms with Crippen molar-refractivity contribution in [2.75, 3.05) is 10.2 Å². The normalized spacial score (nSPS) is 21.0. The SMILES string of the molecule is Cc1cc(N2Cc3ccccc3C[C@@H]2C)nc(NC2CCCCC2)n1. The first-order valence-corrected chi connectivity index (χ1v) is 9.65. The highest BCUT2D eigenvalue weighted by Crippen LogP contribution is 2.28. The van der Waals surface area contributed by atoms with Crippen LogP contribution in [-0.2, 0) is 13.0 Å². The van der Waals surface area contributed by atoms with Crippen molar-refractivity contribution >= 4 is 11.8 Å². The fourth-order valence-electron chi connectivity index (χ4n) is 4.18. The largest absolute Gasteiger partial charge is 0.351 e. The topological polar surface area (TPSA) is 41.1 Å². The van der Waals surface area contributed by atoms with Crippen molar-refractivity contribution in [3.05, 3.63) is 47.2 Å². The molecule has 0 bridgehead atoms. The molecule has 2 aromatic rings. The van der Waals surface area contributed by atoms with Crippen molar-refractivity contribution in [3.8, 4) is 0 Å². The molecule has 4 nitrogen and oxygen atoms in total. The van der Waals surface area contributed by atoms with E-state index in [0.717, 1.165) is 30.4 Å². The molecule has 132 valence electrons. The summed E-state index contributed by atoms with van der Waals surface area (Å²) in [7, 11) is 0. The number of rotatable bonds is 3. The van der Waals surface area contributed by atoms with Crippen LogP contribution in [0.15, 0.2) is 30.3 Å².